The van der Waals surface area contributed by atoms with Crippen LogP contribution in [0.4, 0.5) is 5.69 Å². The van der Waals surface area contributed by atoms with Gasteiger partial charge in [0.2, 0.25) is 0 Å². The number of thiazole rings is 1. The highest BCUT2D eigenvalue weighted by Gasteiger charge is 2.18. The molecule has 0 fully saturated rings. The molecule has 1 aromatic heterocycles. The first kappa shape index (κ1) is 14.3. The molecule has 0 aliphatic heterocycles. The normalized spacial score (nSPS) is 10.5. The number of anilines is 1. The smallest absolute Gasteiger partial charge is 0.348 e. The molecule has 1 aromatic carbocycles. The summed E-state index contributed by atoms with van der Waals surface area (Å²) in [6.45, 7) is 4.35. The number of nitrogens with two attached hydrogens (primary N) is 1. The highest BCUT2D eigenvalue weighted by molar-refractivity contribution is 7.14. The Balaban J connectivity index is 2.48. The molecule has 0 unspecified atom stereocenters. The first-order chi connectivity index (χ1) is 9.56. The van der Waals surface area contributed by atoms with Crippen molar-refractivity contribution >= 4 is 23.0 Å². The molecule has 1 heterocycles. The number of nitrogen functional groups attached to an aromatic ring is 1. The Labute approximate surface area is 121 Å². The second-order valence-corrected chi connectivity index (χ2v) is 5.21. The van der Waals surface area contributed by atoms with Crippen molar-refractivity contribution in [2.45, 2.75) is 20.3 Å². The SMILES string of the molecule is CCOc1ccc(-c2nc(CC)sc2C(=O)O)cc1N. The second-order valence-electron chi connectivity index (χ2n) is 4.13. The van der Waals surface area contributed by atoms with E-state index in [-0.39, 0.29) is 4.88 Å². The summed E-state index contributed by atoms with van der Waals surface area (Å²) in [5.74, 6) is -0.372. The maximum absolute atomic E-state index is 11.3. The number of rotatable bonds is 5. The molecule has 2 aromatic rings. The Morgan fingerprint density at radius 2 is 2.20 bits per heavy atom. The lowest BCUT2D eigenvalue weighted by Crippen LogP contribution is -1.99. The third-order valence-corrected chi connectivity index (χ3v) is 3.94. The number of carboxylic acid groups (broad SMARTS) is 1. The molecule has 0 radical (unpaired) electrons. The van der Waals surface area contributed by atoms with Gasteiger partial charge in [0.15, 0.2) is 0 Å². The zero-order valence-electron chi connectivity index (χ0n) is 11.3. The van der Waals surface area contributed by atoms with Crippen molar-refractivity contribution in [3.8, 4) is 17.0 Å². The molecule has 5 nitrogen and oxygen atoms in total. The molecule has 0 bridgehead atoms. The highest BCUT2D eigenvalue weighted by Crippen LogP contribution is 2.32. The molecule has 0 atom stereocenters. The van der Waals surface area contributed by atoms with E-state index in [9.17, 15) is 9.90 Å². The molecular weight excluding hydrogens is 276 g/mol. The van der Waals surface area contributed by atoms with Gasteiger partial charge in [-0.3, -0.25) is 0 Å². The van der Waals surface area contributed by atoms with Crippen LogP contribution in [0.2, 0.25) is 0 Å². The Hall–Kier alpha value is -2.08. The minimum atomic E-state index is -0.968. The van der Waals surface area contributed by atoms with E-state index in [2.05, 4.69) is 4.98 Å². The monoisotopic (exact) mass is 292 g/mol. The molecule has 0 saturated heterocycles. The quantitative estimate of drug-likeness (QED) is 0.827. The van der Waals surface area contributed by atoms with E-state index in [1.54, 1.807) is 18.2 Å². The van der Waals surface area contributed by atoms with E-state index in [0.717, 1.165) is 5.01 Å². The molecule has 20 heavy (non-hydrogen) atoms. The number of hydrogen-bond donors (Lipinski definition) is 2. The Morgan fingerprint density at radius 3 is 2.75 bits per heavy atom. The van der Waals surface area contributed by atoms with Crippen LogP contribution < -0.4 is 10.5 Å². The highest BCUT2D eigenvalue weighted by atomic mass is 32.1. The number of aromatic nitrogens is 1. The Bertz CT molecular complexity index is 637. The van der Waals surface area contributed by atoms with Crippen molar-refractivity contribution in [3.63, 3.8) is 0 Å². The first-order valence-corrected chi connectivity index (χ1v) is 7.14. The predicted octanol–water partition coefficient (Wildman–Crippen LogP) is 3.05. The van der Waals surface area contributed by atoms with Gasteiger partial charge in [0.25, 0.3) is 0 Å². The molecule has 0 aliphatic carbocycles. The van der Waals surface area contributed by atoms with Gasteiger partial charge in [-0.1, -0.05) is 6.92 Å². The summed E-state index contributed by atoms with van der Waals surface area (Å²) in [6, 6.07) is 5.22. The van der Waals surface area contributed by atoms with Crippen LogP contribution in [0.25, 0.3) is 11.3 Å². The molecule has 0 saturated carbocycles. The van der Waals surface area contributed by atoms with Gasteiger partial charge in [0, 0.05) is 5.56 Å². The fourth-order valence-corrected chi connectivity index (χ4v) is 2.70. The number of ether oxygens (including phenoxy) is 1. The van der Waals surface area contributed by atoms with E-state index >= 15 is 0 Å². The van der Waals surface area contributed by atoms with Gasteiger partial charge in [-0.05, 0) is 31.5 Å². The van der Waals surface area contributed by atoms with Gasteiger partial charge in [-0.25, -0.2) is 9.78 Å². The van der Waals surface area contributed by atoms with Crippen LogP contribution in [0.15, 0.2) is 18.2 Å². The lowest BCUT2D eigenvalue weighted by molar-refractivity contribution is 0.0702. The summed E-state index contributed by atoms with van der Waals surface area (Å²) in [4.78, 5) is 15.9. The number of aromatic carboxylic acids is 1. The van der Waals surface area contributed by atoms with Crippen LogP contribution in [0, 0.1) is 0 Å². The van der Waals surface area contributed by atoms with Crippen molar-refractivity contribution in [1.29, 1.82) is 0 Å². The molecule has 0 spiro atoms. The molecule has 6 heteroatoms. The van der Waals surface area contributed by atoms with Crippen LogP contribution in [-0.2, 0) is 6.42 Å². The molecule has 0 aliphatic rings. The van der Waals surface area contributed by atoms with E-state index in [1.165, 1.54) is 11.3 Å². The lowest BCUT2D eigenvalue weighted by Gasteiger charge is -2.08. The van der Waals surface area contributed by atoms with Crippen molar-refractivity contribution in [2.24, 2.45) is 0 Å². The fourth-order valence-electron chi connectivity index (χ4n) is 1.84. The van der Waals surface area contributed by atoms with Crippen LogP contribution >= 0.6 is 11.3 Å². The van der Waals surface area contributed by atoms with Gasteiger partial charge in [-0.2, -0.15) is 0 Å². The van der Waals surface area contributed by atoms with Crippen molar-refractivity contribution < 1.29 is 14.6 Å². The predicted molar refractivity (Wildman–Crippen MR) is 79.5 cm³/mol. The van der Waals surface area contributed by atoms with Gasteiger partial charge in [-0.15, -0.1) is 11.3 Å². The number of benzene rings is 1. The third-order valence-electron chi connectivity index (χ3n) is 2.75. The second kappa shape index (κ2) is 5.92. The fraction of sp³-hybridized carbons (Fsp3) is 0.286. The van der Waals surface area contributed by atoms with E-state index in [0.29, 0.717) is 35.7 Å². The molecule has 3 N–H and O–H groups in total. The zero-order valence-corrected chi connectivity index (χ0v) is 12.2. The number of nitrogens with zero attached hydrogens (tertiary/aromatic N) is 1. The Morgan fingerprint density at radius 1 is 1.45 bits per heavy atom. The first-order valence-electron chi connectivity index (χ1n) is 6.32. The number of aryl methyl sites for hydroxylation is 1. The molecular formula is C14H16N2O3S. The van der Waals surface area contributed by atoms with Crippen LogP contribution in [0.3, 0.4) is 0 Å². The number of carboxylic acids is 1. The molecule has 0 amide bonds. The summed E-state index contributed by atoms with van der Waals surface area (Å²) < 4.78 is 5.37. The van der Waals surface area contributed by atoms with Gasteiger partial charge < -0.3 is 15.6 Å². The average Bonchev–Trinajstić information content (AvgIpc) is 2.85. The topological polar surface area (TPSA) is 85.4 Å². The average molecular weight is 292 g/mol. The third kappa shape index (κ3) is 2.75. The summed E-state index contributed by atoms with van der Waals surface area (Å²) in [5, 5.41) is 10.1. The maximum Gasteiger partial charge on any atom is 0.348 e. The van der Waals surface area contributed by atoms with Crippen LogP contribution in [0.5, 0.6) is 5.75 Å². The molecule has 106 valence electrons. The molecule has 2 rings (SSSR count). The van der Waals surface area contributed by atoms with E-state index in [4.69, 9.17) is 10.5 Å². The van der Waals surface area contributed by atoms with Crippen molar-refractivity contribution in [2.75, 3.05) is 12.3 Å². The summed E-state index contributed by atoms with van der Waals surface area (Å²) in [7, 11) is 0. The zero-order chi connectivity index (χ0) is 14.7. The number of carbonyl (C=O) groups is 1. The Kier molecular flexibility index (Phi) is 4.24. The van der Waals surface area contributed by atoms with Gasteiger partial charge in [0.1, 0.15) is 10.6 Å². The summed E-state index contributed by atoms with van der Waals surface area (Å²) in [5.41, 5.74) is 7.55. The van der Waals surface area contributed by atoms with Crippen LogP contribution in [-0.4, -0.2) is 22.7 Å². The summed E-state index contributed by atoms with van der Waals surface area (Å²) in [6.07, 6.45) is 0.706. The number of hydrogen-bond acceptors (Lipinski definition) is 5. The largest absolute Gasteiger partial charge is 0.492 e. The minimum absolute atomic E-state index is 0.241. The van der Waals surface area contributed by atoms with Gasteiger partial charge >= 0.3 is 5.97 Å². The van der Waals surface area contributed by atoms with E-state index in [1.807, 2.05) is 13.8 Å². The lowest BCUT2D eigenvalue weighted by atomic mass is 10.1. The minimum Gasteiger partial charge on any atom is -0.492 e. The standard InChI is InChI=1S/C14H16N2O3S/c1-3-11-16-12(13(20-11)14(17)18)8-5-6-10(19-4-2)9(15)7-8/h5-7H,3-4,15H2,1-2H3,(H,17,18). The van der Waals surface area contributed by atoms with Crippen molar-refractivity contribution in [1.82, 2.24) is 4.98 Å². The van der Waals surface area contributed by atoms with Gasteiger partial charge in [0.05, 0.1) is 23.0 Å². The van der Waals surface area contributed by atoms with Crippen LogP contribution in [0.1, 0.15) is 28.5 Å². The van der Waals surface area contributed by atoms with E-state index < -0.39 is 5.97 Å². The van der Waals surface area contributed by atoms with Crippen molar-refractivity contribution in [3.05, 3.63) is 28.1 Å². The summed E-state index contributed by atoms with van der Waals surface area (Å²) >= 11 is 1.20. The maximum atomic E-state index is 11.3.